The molecule has 2 atom stereocenters. The van der Waals surface area contributed by atoms with Crippen LogP contribution < -0.4 is 10.6 Å². The molecule has 2 rings (SSSR count). The van der Waals surface area contributed by atoms with Crippen LogP contribution >= 0.6 is 0 Å². The summed E-state index contributed by atoms with van der Waals surface area (Å²) in [6.45, 7) is 0. The molecule has 0 unspecified atom stereocenters. The number of hydrogen-bond donors (Lipinski definition) is 2. The normalized spacial score (nSPS) is 13.0. The van der Waals surface area contributed by atoms with E-state index < -0.39 is 0 Å². The number of carbonyl (C=O) groups excluding carboxylic acids is 2. The predicted octanol–water partition coefficient (Wildman–Crippen LogP) is 2.35. The third-order valence-corrected chi connectivity index (χ3v) is 3.41. The average molecular weight is 282 g/mol. The average Bonchev–Trinajstić information content (AvgIpc) is 2.55. The Morgan fingerprint density at radius 1 is 0.714 bits per heavy atom. The van der Waals surface area contributed by atoms with Gasteiger partial charge in [-0.2, -0.15) is 0 Å². The summed E-state index contributed by atoms with van der Waals surface area (Å²) in [5.41, 5.74) is 2.02. The van der Waals surface area contributed by atoms with Gasteiger partial charge >= 0.3 is 0 Å². The second-order valence-electron chi connectivity index (χ2n) is 4.73. The quantitative estimate of drug-likeness (QED) is 0.730. The van der Waals surface area contributed by atoms with E-state index in [0.717, 1.165) is 11.1 Å². The second kappa shape index (κ2) is 7.85. The monoisotopic (exact) mass is 282 g/mol. The van der Waals surface area contributed by atoms with Crippen molar-refractivity contribution in [3.05, 3.63) is 71.8 Å². The van der Waals surface area contributed by atoms with Crippen LogP contribution in [0.25, 0.3) is 0 Å². The van der Waals surface area contributed by atoms with Gasteiger partial charge in [-0.15, -0.1) is 0 Å². The zero-order valence-electron chi connectivity index (χ0n) is 11.6. The number of amides is 2. The molecule has 21 heavy (non-hydrogen) atoms. The van der Waals surface area contributed by atoms with Gasteiger partial charge in [-0.25, -0.2) is 0 Å². The van der Waals surface area contributed by atoms with Crippen molar-refractivity contribution in [3.8, 4) is 0 Å². The van der Waals surface area contributed by atoms with E-state index in [2.05, 4.69) is 10.6 Å². The minimum atomic E-state index is -0.152. The minimum Gasteiger partial charge on any atom is -0.352 e. The van der Waals surface area contributed by atoms with Crippen LogP contribution in [0.1, 0.15) is 29.6 Å². The third kappa shape index (κ3) is 4.18. The molecule has 0 radical (unpaired) electrons. The molecule has 4 nitrogen and oxygen atoms in total. The fourth-order valence-corrected chi connectivity index (χ4v) is 2.37. The van der Waals surface area contributed by atoms with E-state index >= 15 is 0 Å². The first-order chi connectivity index (χ1) is 10.3. The molecule has 0 aromatic heterocycles. The molecule has 2 N–H and O–H groups in total. The second-order valence-corrected chi connectivity index (χ2v) is 4.73. The highest BCUT2D eigenvalue weighted by Crippen LogP contribution is 2.25. The molecular weight excluding hydrogens is 264 g/mol. The van der Waals surface area contributed by atoms with Gasteiger partial charge in [0.05, 0.1) is 12.1 Å². The van der Waals surface area contributed by atoms with Crippen LogP contribution in [0.2, 0.25) is 0 Å². The van der Waals surface area contributed by atoms with Crippen LogP contribution in [0, 0.1) is 0 Å². The first-order valence-electron chi connectivity index (χ1n) is 6.84. The van der Waals surface area contributed by atoms with E-state index in [0.29, 0.717) is 19.2 Å². The van der Waals surface area contributed by atoms with Gasteiger partial charge in [0.25, 0.3) is 0 Å². The van der Waals surface area contributed by atoms with Gasteiger partial charge in [-0.3, -0.25) is 9.59 Å². The zero-order valence-corrected chi connectivity index (χ0v) is 11.6. The summed E-state index contributed by atoms with van der Waals surface area (Å²) in [4.78, 5) is 21.7. The van der Waals surface area contributed by atoms with Gasteiger partial charge in [-0.1, -0.05) is 60.7 Å². The summed E-state index contributed by atoms with van der Waals surface area (Å²) >= 11 is 0. The number of rotatable bonds is 8. The maximum atomic E-state index is 10.9. The number of hydrogen-bond acceptors (Lipinski definition) is 2. The first-order valence-corrected chi connectivity index (χ1v) is 6.84. The Morgan fingerprint density at radius 2 is 1.10 bits per heavy atom. The highest BCUT2D eigenvalue weighted by atomic mass is 16.1. The number of carbonyl (C=O) groups is 2. The van der Waals surface area contributed by atoms with E-state index in [9.17, 15) is 9.59 Å². The van der Waals surface area contributed by atoms with Crippen LogP contribution in [-0.2, 0) is 9.59 Å². The van der Waals surface area contributed by atoms with Crippen molar-refractivity contribution in [2.24, 2.45) is 0 Å². The van der Waals surface area contributed by atoms with Crippen LogP contribution in [0.15, 0.2) is 60.7 Å². The Hall–Kier alpha value is -2.62. The van der Waals surface area contributed by atoms with Gasteiger partial charge in [0.2, 0.25) is 12.8 Å². The lowest BCUT2D eigenvalue weighted by molar-refractivity contribution is -0.110. The SMILES string of the molecule is O=CN[C@H](C[C@@H](NC=O)c1ccccc1)c1ccccc1. The first kappa shape index (κ1) is 14.8. The molecule has 0 fully saturated rings. The fraction of sp³-hybridized carbons (Fsp3) is 0.176. The lowest BCUT2D eigenvalue weighted by Crippen LogP contribution is -2.27. The summed E-state index contributed by atoms with van der Waals surface area (Å²) < 4.78 is 0. The lowest BCUT2D eigenvalue weighted by Gasteiger charge is -2.23. The Bertz CT molecular complexity index is 506. The summed E-state index contributed by atoms with van der Waals surface area (Å²) in [5.74, 6) is 0. The standard InChI is InChI=1S/C17H18N2O2/c20-12-18-16(14-7-3-1-4-8-14)11-17(19-13-21)15-9-5-2-6-10-15/h1-10,12-13,16-17H,11H2,(H,18,20)(H,19,21)/t16-,17-/m1/s1. The van der Waals surface area contributed by atoms with E-state index in [1.807, 2.05) is 60.7 Å². The van der Waals surface area contributed by atoms with Crippen molar-refractivity contribution >= 4 is 12.8 Å². The van der Waals surface area contributed by atoms with E-state index in [4.69, 9.17) is 0 Å². The largest absolute Gasteiger partial charge is 0.352 e. The van der Waals surface area contributed by atoms with Crippen molar-refractivity contribution in [1.29, 1.82) is 0 Å². The van der Waals surface area contributed by atoms with E-state index in [-0.39, 0.29) is 12.1 Å². The van der Waals surface area contributed by atoms with Gasteiger partial charge in [-0.05, 0) is 17.5 Å². The van der Waals surface area contributed by atoms with Crippen molar-refractivity contribution in [2.45, 2.75) is 18.5 Å². The molecule has 0 aliphatic rings. The van der Waals surface area contributed by atoms with Gasteiger partial charge in [0, 0.05) is 0 Å². The molecular formula is C17H18N2O2. The molecule has 0 aliphatic carbocycles. The van der Waals surface area contributed by atoms with E-state index in [1.54, 1.807) is 0 Å². The Kier molecular flexibility index (Phi) is 5.52. The van der Waals surface area contributed by atoms with Gasteiger partial charge in [0.1, 0.15) is 0 Å². The molecule has 2 aromatic rings. The molecule has 2 aromatic carbocycles. The minimum absolute atomic E-state index is 0.152. The van der Waals surface area contributed by atoms with Crippen molar-refractivity contribution in [2.75, 3.05) is 0 Å². The predicted molar refractivity (Wildman–Crippen MR) is 81.4 cm³/mol. The molecule has 0 aliphatic heterocycles. The zero-order chi connectivity index (χ0) is 14.9. The molecule has 0 spiro atoms. The maximum Gasteiger partial charge on any atom is 0.207 e. The molecule has 0 saturated carbocycles. The van der Waals surface area contributed by atoms with Crippen molar-refractivity contribution < 1.29 is 9.59 Å². The number of benzene rings is 2. The Morgan fingerprint density at radius 3 is 1.43 bits per heavy atom. The summed E-state index contributed by atoms with van der Waals surface area (Å²) in [5, 5.41) is 5.64. The molecule has 2 amide bonds. The third-order valence-electron chi connectivity index (χ3n) is 3.41. The van der Waals surface area contributed by atoms with Crippen molar-refractivity contribution in [1.82, 2.24) is 10.6 Å². The topological polar surface area (TPSA) is 58.2 Å². The van der Waals surface area contributed by atoms with Crippen LogP contribution in [0.5, 0.6) is 0 Å². The lowest BCUT2D eigenvalue weighted by atomic mass is 9.95. The highest BCUT2D eigenvalue weighted by molar-refractivity contribution is 5.49. The summed E-state index contributed by atoms with van der Waals surface area (Å²) in [6, 6.07) is 19.1. The van der Waals surface area contributed by atoms with E-state index in [1.165, 1.54) is 0 Å². The fourth-order valence-electron chi connectivity index (χ4n) is 2.37. The summed E-state index contributed by atoms with van der Waals surface area (Å²) in [6.07, 6.45) is 1.98. The molecule has 0 heterocycles. The van der Waals surface area contributed by atoms with Crippen LogP contribution in [0.3, 0.4) is 0 Å². The Balaban J connectivity index is 2.20. The summed E-state index contributed by atoms with van der Waals surface area (Å²) in [7, 11) is 0. The Labute approximate surface area is 124 Å². The molecule has 108 valence electrons. The maximum absolute atomic E-state index is 10.9. The van der Waals surface area contributed by atoms with Gasteiger partial charge in [0.15, 0.2) is 0 Å². The van der Waals surface area contributed by atoms with Crippen molar-refractivity contribution in [3.63, 3.8) is 0 Å². The molecule has 0 bridgehead atoms. The highest BCUT2D eigenvalue weighted by Gasteiger charge is 2.18. The van der Waals surface area contributed by atoms with Gasteiger partial charge < -0.3 is 10.6 Å². The molecule has 4 heteroatoms. The van der Waals surface area contributed by atoms with Crippen LogP contribution in [0.4, 0.5) is 0 Å². The number of nitrogens with one attached hydrogen (secondary N) is 2. The van der Waals surface area contributed by atoms with Crippen LogP contribution in [-0.4, -0.2) is 12.8 Å². The smallest absolute Gasteiger partial charge is 0.207 e. The molecule has 0 saturated heterocycles.